The summed E-state index contributed by atoms with van der Waals surface area (Å²) in [6.45, 7) is 0.216. The van der Waals surface area contributed by atoms with Gasteiger partial charge < -0.3 is 14.3 Å². The molecule has 1 heterocycles. The van der Waals surface area contributed by atoms with Gasteiger partial charge in [0.25, 0.3) is 0 Å². The van der Waals surface area contributed by atoms with E-state index in [1.165, 1.54) is 6.07 Å². The molecule has 4 heteroatoms. The quantitative estimate of drug-likeness (QED) is 0.857. The monoisotopic (exact) mass is 250 g/mol. The van der Waals surface area contributed by atoms with E-state index in [4.69, 9.17) is 9.15 Å². The number of hydrogen-bond donors (Lipinski definition) is 1. The summed E-state index contributed by atoms with van der Waals surface area (Å²) in [5.41, 5.74) is 0. The minimum absolute atomic E-state index is 0.0326. The van der Waals surface area contributed by atoms with Crippen molar-refractivity contribution in [2.75, 3.05) is 13.2 Å². The fraction of sp³-hybridized carbons (Fsp3) is 0.286. The molecule has 0 saturated heterocycles. The number of aliphatic hydroxyl groups is 1. The molecule has 1 N–H and O–H groups in total. The Kier molecular flexibility index (Phi) is 4.36. The number of furan rings is 1. The fourth-order valence-corrected chi connectivity index (χ4v) is 1.66. The number of ether oxygens (including phenoxy) is 1. The highest BCUT2D eigenvalue weighted by Gasteiger charge is 2.12. The predicted molar refractivity (Wildman–Crippen MR) is 64.9 cm³/mol. The topological polar surface area (TPSA) is 42.6 Å². The van der Waals surface area contributed by atoms with Crippen LogP contribution in [0.1, 0.15) is 5.76 Å². The van der Waals surface area contributed by atoms with Crippen LogP contribution in [0.15, 0.2) is 47.1 Å². The smallest absolute Gasteiger partial charge is 0.165 e. The van der Waals surface area contributed by atoms with E-state index in [0.717, 1.165) is 5.76 Å². The Bertz CT molecular complexity index is 468. The largest absolute Gasteiger partial charge is 0.490 e. The predicted octanol–water partition coefficient (Wildman–Crippen LogP) is 2.65. The first kappa shape index (κ1) is 12.6. The molecule has 0 aliphatic heterocycles. The normalized spacial score (nSPS) is 12.3. The molecule has 2 rings (SSSR count). The average molecular weight is 250 g/mol. The number of hydrogen-bond acceptors (Lipinski definition) is 3. The highest BCUT2D eigenvalue weighted by molar-refractivity contribution is 5.23. The molecule has 0 bridgehead atoms. The molecule has 0 saturated carbocycles. The third kappa shape index (κ3) is 3.34. The summed E-state index contributed by atoms with van der Waals surface area (Å²) in [6.07, 6.45) is 2.15. The second kappa shape index (κ2) is 6.21. The minimum atomic E-state index is -0.396. The molecule has 0 aliphatic rings. The van der Waals surface area contributed by atoms with Gasteiger partial charge in [0.05, 0.1) is 12.9 Å². The molecule has 96 valence electrons. The van der Waals surface area contributed by atoms with Gasteiger partial charge in [-0.2, -0.15) is 0 Å². The Morgan fingerprint density at radius 3 is 2.72 bits per heavy atom. The van der Waals surface area contributed by atoms with E-state index >= 15 is 0 Å². The van der Waals surface area contributed by atoms with Gasteiger partial charge in [-0.25, -0.2) is 4.39 Å². The van der Waals surface area contributed by atoms with Crippen molar-refractivity contribution >= 4 is 0 Å². The first-order valence-corrected chi connectivity index (χ1v) is 5.80. The van der Waals surface area contributed by atoms with Crippen LogP contribution in [-0.2, 0) is 6.42 Å². The van der Waals surface area contributed by atoms with E-state index in [0.29, 0.717) is 6.42 Å². The van der Waals surface area contributed by atoms with Crippen molar-refractivity contribution in [3.63, 3.8) is 0 Å². The van der Waals surface area contributed by atoms with Crippen LogP contribution < -0.4 is 4.74 Å². The van der Waals surface area contributed by atoms with Crippen LogP contribution in [0.4, 0.5) is 4.39 Å². The van der Waals surface area contributed by atoms with Gasteiger partial charge in [0, 0.05) is 18.9 Å². The summed E-state index contributed by atoms with van der Waals surface area (Å²) in [7, 11) is 0. The average Bonchev–Trinajstić information content (AvgIpc) is 2.89. The summed E-state index contributed by atoms with van der Waals surface area (Å²) in [4.78, 5) is 0. The Hall–Kier alpha value is -1.81. The number of benzene rings is 1. The molecule has 1 aromatic carbocycles. The molecule has 3 nitrogen and oxygen atoms in total. The maximum absolute atomic E-state index is 13.3. The van der Waals surface area contributed by atoms with E-state index in [2.05, 4.69) is 0 Å². The molecule has 0 radical (unpaired) electrons. The maximum atomic E-state index is 13.3. The van der Waals surface area contributed by atoms with E-state index in [1.807, 2.05) is 6.07 Å². The van der Waals surface area contributed by atoms with E-state index in [-0.39, 0.29) is 24.9 Å². The summed E-state index contributed by atoms with van der Waals surface area (Å²) >= 11 is 0. The zero-order chi connectivity index (χ0) is 12.8. The van der Waals surface area contributed by atoms with Gasteiger partial charge in [-0.15, -0.1) is 0 Å². The van der Waals surface area contributed by atoms with Gasteiger partial charge in [-0.1, -0.05) is 12.1 Å². The molecule has 0 spiro atoms. The molecular formula is C14H15FO3. The van der Waals surface area contributed by atoms with Gasteiger partial charge in [0.1, 0.15) is 5.76 Å². The molecule has 1 unspecified atom stereocenters. The fourth-order valence-electron chi connectivity index (χ4n) is 1.66. The van der Waals surface area contributed by atoms with Crippen LogP contribution in [0.3, 0.4) is 0 Å². The number of para-hydroxylation sites is 1. The van der Waals surface area contributed by atoms with Crippen LogP contribution in [-0.4, -0.2) is 18.3 Å². The summed E-state index contributed by atoms with van der Waals surface area (Å²) < 4.78 is 23.9. The van der Waals surface area contributed by atoms with Gasteiger partial charge in [-0.3, -0.25) is 0 Å². The van der Waals surface area contributed by atoms with Crippen molar-refractivity contribution < 1.29 is 18.7 Å². The van der Waals surface area contributed by atoms with Crippen molar-refractivity contribution in [2.24, 2.45) is 5.92 Å². The van der Waals surface area contributed by atoms with E-state index in [9.17, 15) is 9.50 Å². The Morgan fingerprint density at radius 1 is 1.22 bits per heavy atom. The molecule has 1 aromatic heterocycles. The van der Waals surface area contributed by atoms with Crippen LogP contribution in [0, 0.1) is 11.7 Å². The molecule has 2 aromatic rings. The zero-order valence-corrected chi connectivity index (χ0v) is 9.88. The summed E-state index contributed by atoms with van der Waals surface area (Å²) in [5, 5.41) is 9.26. The molecular weight excluding hydrogens is 235 g/mol. The van der Waals surface area contributed by atoms with Crippen molar-refractivity contribution in [3.8, 4) is 5.75 Å². The summed E-state index contributed by atoms with van der Waals surface area (Å²) in [6, 6.07) is 9.85. The Morgan fingerprint density at radius 2 is 2.06 bits per heavy atom. The molecule has 0 aliphatic carbocycles. The number of halogens is 1. The van der Waals surface area contributed by atoms with Crippen LogP contribution >= 0.6 is 0 Å². The standard InChI is InChI=1S/C14H15FO3/c15-13-5-1-2-6-14(13)18-10-11(9-16)8-12-4-3-7-17-12/h1-7,11,16H,8-10H2. The lowest BCUT2D eigenvalue weighted by atomic mass is 10.1. The van der Waals surface area contributed by atoms with E-state index < -0.39 is 5.82 Å². The second-order valence-electron chi connectivity index (χ2n) is 4.07. The Labute approximate surface area is 105 Å². The van der Waals surface area contributed by atoms with Crippen LogP contribution in [0.2, 0.25) is 0 Å². The lowest BCUT2D eigenvalue weighted by molar-refractivity contribution is 0.155. The van der Waals surface area contributed by atoms with Crippen molar-refractivity contribution in [2.45, 2.75) is 6.42 Å². The van der Waals surface area contributed by atoms with Crippen LogP contribution in [0.5, 0.6) is 5.75 Å². The molecule has 0 fully saturated rings. The van der Waals surface area contributed by atoms with Crippen molar-refractivity contribution in [3.05, 3.63) is 54.2 Å². The third-order valence-electron chi connectivity index (χ3n) is 2.64. The molecule has 1 atom stereocenters. The van der Waals surface area contributed by atoms with Gasteiger partial charge in [0.2, 0.25) is 0 Å². The highest BCUT2D eigenvalue weighted by atomic mass is 19.1. The zero-order valence-electron chi connectivity index (χ0n) is 9.88. The maximum Gasteiger partial charge on any atom is 0.165 e. The molecule has 18 heavy (non-hydrogen) atoms. The Balaban J connectivity index is 1.89. The van der Waals surface area contributed by atoms with Crippen molar-refractivity contribution in [1.29, 1.82) is 0 Å². The third-order valence-corrected chi connectivity index (χ3v) is 2.64. The van der Waals surface area contributed by atoms with Gasteiger partial charge >= 0.3 is 0 Å². The minimum Gasteiger partial charge on any atom is -0.490 e. The van der Waals surface area contributed by atoms with E-state index in [1.54, 1.807) is 30.5 Å². The number of aliphatic hydroxyl groups excluding tert-OH is 1. The second-order valence-corrected chi connectivity index (χ2v) is 4.07. The first-order chi connectivity index (χ1) is 8.79. The SMILES string of the molecule is OCC(COc1ccccc1F)Cc1ccco1. The molecule has 0 amide bonds. The van der Waals surface area contributed by atoms with Crippen LogP contribution in [0.25, 0.3) is 0 Å². The van der Waals surface area contributed by atoms with Gasteiger partial charge in [-0.05, 0) is 24.3 Å². The lowest BCUT2D eigenvalue weighted by Gasteiger charge is -2.14. The highest BCUT2D eigenvalue weighted by Crippen LogP contribution is 2.17. The number of rotatable bonds is 6. The summed E-state index contributed by atoms with van der Waals surface area (Å²) in [5.74, 6) is 0.476. The lowest BCUT2D eigenvalue weighted by Crippen LogP contribution is -2.18. The first-order valence-electron chi connectivity index (χ1n) is 5.80. The van der Waals surface area contributed by atoms with Crippen molar-refractivity contribution in [1.82, 2.24) is 0 Å². The van der Waals surface area contributed by atoms with Gasteiger partial charge in [0.15, 0.2) is 11.6 Å².